The van der Waals surface area contributed by atoms with Crippen LogP contribution in [-0.2, 0) is 11.3 Å². The van der Waals surface area contributed by atoms with Crippen LogP contribution >= 0.6 is 0 Å². The molecule has 2 fully saturated rings. The van der Waals surface area contributed by atoms with Crippen molar-refractivity contribution in [3.63, 3.8) is 0 Å². The summed E-state index contributed by atoms with van der Waals surface area (Å²) in [5.74, 6) is 0.592. The van der Waals surface area contributed by atoms with E-state index in [2.05, 4.69) is 54.0 Å². The maximum absolute atomic E-state index is 13.1. The SMILES string of the molecule is CC(C)C(C#N)N1CCN(C(=O)C2CCCN2Cc2ccccc2)CC1. The number of nitrogens with zero attached hydrogens (tertiary/aromatic N) is 4. The molecular formula is C21H30N4O. The van der Waals surface area contributed by atoms with Crippen molar-refractivity contribution in [2.45, 2.75) is 45.3 Å². The highest BCUT2D eigenvalue weighted by molar-refractivity contribution is 5.82. The predicted molar refractivity (Wildman–Crippen MR) is 102 cm³/mol. The normalized spacial score (nSPS) is 23.2. The van der Waals surface area contributed by atoms with Crippen LogP contribution in [0.3, 0.4) is 0 Å². The summed E-state index contributed by atoms with van der Waals surface area (Å²) in [6, 6.07) is 12.8. The third-order valence-electron chi connectivity index (χ3n) is 5.66. The van der Waals surface area contributed by atoms with Gasteiger partial charge >= 0.3 is 0 Å². The minimum absolute atomic E-state index is 0.0126. The smallest absolute Gasteiger partial charge is 0.240 e. The van der Waals surface area contributed by atoms with Crippen molar-refractivity contribution in [3.8, 4) is 6.07 Å². The van der Waals surface area contributed by atoms with Gasteiger partial charge in [0.2, 0.25) is 5.91 Å². The van der Waals surface area contributed by atoms with Crippen LogP contribution in [0.1, 0.15) is 32.3 Å². The summed E-state index contributed by atoms with van der Waals surface area (Å²) in [5, 5.41) is 9.39. The van der Waals surface area contributed by atoms with Gasteiger partial charge in [-0.1, -0.05) is 44.2 Å². The highest BCUT2D eigenvalue weighted by Gasteiger charge is 2.35. The number of amides is 1. The van der Waals surface area contributed by atoms with Gasteiger partial charge in [-0.05, 0) is 30.9 Å². The average molecular weight is 354 g/mol. The second kappa shape index (κ2) is 8.66. The van der Waals surface area contributed by atoms with Gasteiger partial charge in [0, 0.05) is 32.7 Å². The standard InChI is InChI=1S/C21H30N4O/c1-17(2)20(15-22)23-11-13-24(14-12-23)21(26)19-9-6-10-25(19)16-18-7-4-3-5-8-18/h3-5,7-8,17,19-20H,6,9-14,16H2,1-2H3. The molecule has 2 aliphatic rings. The quantitative estimate of drug-likeness (QED) is 0.814. The molecular weight excluding hydrogens is 324 g/mol. The lowest BCUT2D eigenvalue weighted by Crippen LogP contribution is -2.56. The van der Waals surface area contributed by atoms with Crippen LogP contribution in [0.25, 0.3) is 0 Å². The van der Waals surface area contributed by atoms with Crippen molar-refractivity contribution in [2.75, 3.05) is 32.7 Å². The molecule has 2 heterocycles. The first-order valence-corrected chi connectivity index (χ1v) is 9.80. The number of carbonyl (C=O) groups is 1. The van der Waals surface area contributed by atoms with Gasteiger partial charge in [-0.3, -0.25) is 14.6 Å². The van der Waals surface area contributed by atoms with E-state index in [0.29, 0.717) is 5.92 Å². The summed E-state index contributed by atoms with van der Waals surface area (Å²) in [4.78, 5) is 19.7. The number of hydrogen-bond acceptors (Lipinski definition) is 4. The first-order valence-electron chi connectivity index (χ1n) is 9.80. The van der Waals surface area contributed by atoms with Gasteiger partial charge in [-0.25, -0.2) is 0 Å². The summed E-state index contributed by atoms with van der Waals surface area (Å²) in [5.41, 5.74) is 1.27. The first kappa shape index (κ1) is 18.9. The van der Waals surface area contributed by atoms with Gasteiger partial charge in [0.25, 0.3) is 0 Å². The first-order chi connectivity index (χ1) is 12.6. The maximum Gasteiger partial charge on any atom is 0.240 e. The molecule has 2 saturated heterocycles. The van der Waals surface area contributed by atoms with Crippen LogP contribution in [-0.4, -0.2) is 65.4 Å². The Morgan fingerprint density at radius 2 is 1.85 bits per heavy atom. The molecule has 2 aliphatic heterocycles. The van der Waals surface area contributed by atoms with Gasteiger partial charge in [0.1, 0.15) is 6.04 Å². The topological polar surface area (TPSA) is 50.6 Å². The fourth-order valence-electron chi connectivity index (χ4n) is 4.20. The Morgan fingerprint density at radius 1 is 1.15 bits per heavy atom. The largest absolute Gasteiger partial charge is 0.339 e. The van der Waals surface area contributed by atoms with Crippen LogP contribution in [0.15, 0.2) is 30.3 Å². The second-order valence-electron chi connectivity index (χ2n) is 7.79. The molecule has 5 nitrogen and oxygen atoms in total. The zero-order valence-corrected chi connectivity index (χ0v) is 16.0. The molecule has 0 bridgehead atoms. The molecule has 1 amide bonds. The minimum Gasteiger partial charge on any atom is -0.339 e. The van der Waals surface area contributed by atoms with Crippen molar-refractivity contribution >= 4 is 5.91 Å². The predicted octanol–water partition coefficient (Wildman–Crippen LogP) is 2.34. The van der Waals surface area contributed by atoms with Crippen LogP contribution < -0.4 is 0 Å². The number of carbonyl (C=O) groups excluding carboxylic acids is 1. The van der Waals surface area contributed by atoms with Crippen molar-refractivity contribution in [1.82, 2.24) is 14.7 Å². The second-order valence-corrected chi connectivity index (χ2v) is 7.79. The van der Waals surface area contributed by atoms with E-state index >= 15 is 0 Å². The van der Waals surface area contributed by atoms with Crippen molar-refractivity contribution in [3.05, 3.63) is 35.9 Å². The highest BCUT2D eigenvalue weighted by atomic mass is 16.2. The van der Waals surface area contributed by atoms with E-state index in [1.54, 1.807) is 0 Å². The molecule has 5 heteroatoms. The molecule has 0 radical (unpaired) electrons. The molecule has 2 atom stereocenters. The number of hydrogen-bond donors (Lipinski definition) is 0. The zero-order valence-electron chi connectivity index (χ0n) is 16.0. The van der Waals surface area contributed by atoms with Gasteiger partial charge in [0.05, 0.1) is 12.1 Å². The number of likely N-dealkylation sites (tertiary alicyclic amines) is 1. The van der Waals surface area contributed by atoms with E-state index in [1.165, 1.54) is 5.56 Å². The Balaban J connectivity index is 1.57. The Kier molecular flexibility index (Phi) is 6.29. The van der Waals surface area contributed by atoms with Gasteiger partial charge in [-0.2, -0.15) is 5.26 Å². The van der Waals surface area contributed by atoms with Crippen LogP contribution in [0.2, 0.25) is 0 Å². The summed E-state index contributed by atoms with van der Waals surface area (Å²) in [6.45, 7) is 9.09. The van der Waals surface area contributed by atoms with Gasteiger partial charge in [-0.15, -0.1) is 0 Å². The van der Waals surface area contributed by atoms with Crippen molar-refractivity contribution in [1.29, 1.82) is 5.26 Å². The maximum atomic E-state index is 13.1. The average Bonchev–Trinajstić information content (AvgIpc) is 3.11. The minimum atomic E-state index is -0.0479. The lowest BCUT2D eigenvalue weighted by atomic mass is 10.0. The number of benzene rings is 1. The van der Waals surface area contributed by atoms with Gasteiger partial charge in [0.15, 0.2) is 0 Å². The fourth-order valence-corrected chi connectivity index (χ4v) is 4.20. The van der Waals surface area contributed by atoms with E-state index < -0.39 is 0 Å². The van der Waals surface area contributed by atoms with E-state index in [-0.39, 0.29) is 18.0 Å². The molecule has 3 rings (SSSR count). The van der Waals surface area contributed by atoms with E-state index in [9.17, 15) is 10.1 Å². The van der Waals surface area contributed by atoms with E-state index in [4.69, 9.17) is 0 Å². The van der Waals surface area contributed by atoms with E-state index in [1.807, 2.05) is 11.0 Å². The summed E-state index contributed by atoms with van der Waals surface area (Å²) in [6.07, 6.45) is 2.05. The molecule has 0 aromatic heterocycles. The Bertz CT molecular complexity index is 631. The lowest BCUT2D eigenvalue weighted by molar-refractivity contribution is -0.138. The number of nitriles is 1. The lowest BCUT2D eigenvalue weighted by Gasteiger charge is -2.39. The number of piperazine rings is 1. The van der Waals surface area contributed by atoms with E-state index in [0.717, 1.165) is 52.1 Å². The van der Waals surface area contributed by atoms with Crippen molar-refractivity contribution in [2.24, 2.45) is 5.92 Å². The monoisotopic (exact) mass is 354 g/mol. The highest BCUT2D eigenvalue weighted by Crippen LogP contribution is 2.23. The number of rotatable bonds is 5. The molecule has 0 saturated carbocycles. The molecule has 1 aromatic rings. The summed E-state index contributed by atoms with van der Waals surface area (Å²) < 4.78 is 0. The molecule has 26 heavy (non-hydrogen) atoms. The zero-order chi connectivity index (χ0) is 18.5. The fraction of sp³-hybridized carbons (Fsp3) is 0.619. The molecule has 0 spiro atoms. The van der Waals surface area contributed by atoms with Crippen molar-refractivity contribution < 1.29 is 4.79 Å². The molecule has 0 N–H and O–H groups in total. The molecule has 140 valence electrons. The molecule has 0 aliphatic carbocycles. The van der Waals surface area contributed by atoms with Gasteiger partial charge < -0.3 is 4.90 Å². The third-order valence-corrected chi connectivity index (χ3v) is 5.66. The summed E-state index contributed by atoms with van der Waals surface area (Å²) in [7, 11) is 0. The Labute approximate surface area is 157 Å². The summed E-state index contributed by atoms with van der Waals surface area (Å²) >= 11 is 0. The Hall–Kier alpha value is -1.90. The van der Waals surface area contributed by atoms with Crippen LogP contribution in [0.5, 0.6) is 0 Å². The third kappa shape index (κ3) is 4.25. The molecule has 1 aromatic carbocycles. The Morgan fingerprint density at radius 3 is 2.46 bits per heavy atom. The van der Waals surface area contributed by atoms with Crippen LogP contribution in [0.4, 0.5) is 0 Å². The molecule has 2 unspecified atom stereocenters. The van der Waals surface area contributed by atoms with Crippen LogP contribution in [0, 0.1) is 17.2 Å².